The summed E-state index contributed by atoms with van der Waals surface area (Å²) in [5.41, 5.74) is 0. The van der Waals surface area contributed by atoms with Crippen LogP contribution in [0.4, 0.5) is 4.79 Å². The molecule has 0 rings (SSSR count). The van der Waals surface area contributed by atoms with Crippen LogP contribution < -0.4 is 10.6 Å². The van der Waals surface area contributed by atoms with E-state index in [4.69, 9.17) is 5.11 Å². The summed E-state index contributed by atoms with van der Waals surface area (Å²) in [6.07, 6.45) is 1.72. The molecule has 0 bridgehead atoms. The van der Waals surface area contributed by atoms with Gasteiger partial charge < -0.3 is 15.7 Å². The number of urea groups is 1. The molecule has 0 heterocycles. The molecule has 0 saturated heterocycles. The van der Waals surface area contributed by atoms with E-state index in [9.17, 15) is 4.79 Å². The fourth-order valence-electron chi connectivity index (χ4n) is 1.18. The lowest BCUT2D eigenvalue weighted by molar-refractivity contribution is 0.229. The van der Waals surface area contributed by atoms with Crippen LogP contribution >= 0.6 is 0 Å². The Balaban J connectivity index is 3.62. The van der Waals surface area contributed by atoms with Gasteiger partial charge in [0.2, 0.25) is 0 Å². The van der Waals surface area contributed by atoms with Gasteiger partial charge in [-0.25, -0.2) is 4.79 Å². The third kappa shape index (κ3) is 6.71. The summed E-state index contributed by atoms with van der Waals surface area (Å²) in [5.74, 6) is 0.373. The minimum absolute atomic E-state index is 0.128. The Kier molecular flexibility index (Phi) is 7.20. The Morgan fingerprint density at radius 2 is 2.07 bits per heavy atom. The fraction of sp³-hybridized carbons (Fsp3) is 0.900. The van der Waals surface area contributed by atoms with Crippen LogP contribution in [0, 0.1) is 5.92 Å². The molecular weight excluding hydrogens is 180 g/mol. The molecular formula is C10H22N2O2. The van der Waals surface area contributed by atoms with Crippen LogP contribution in [-0.4, -0.2) is 30.3 Å². The second-order valence-electron chi connectivity index (χ2n) is 3.80. The highest BCUT2D eigenvalue weighted by atomic mass is 16.3. The lowest BCUT2D eigenvalue weighted by Gasteiger charge is -2.15. The number of carbonyl (C=O) groups is 1. The molecule has 1 atom stereocenters. The molecule has 0 aliphatic rings. The van der Waals surface area contributed by atoms with Crippen LogP contribution in [0.2, 0.25) is 0 Å². The van der Waals surface area contributed by atoms with Crippen molar-refractivity contribution in [3.63, 3.8) is 0 Å². The Morgan fingerprint density at radius 3 is 2.50 bits per heavy atom. The van der Waals surface area contributed by atoms with E-state index >= 15 is 0 Å². The molecule has 0 saturated carbocycles. The maximum atomic E-state index is 11.2. The highest BCUT2D eigenvalue weighted by Crippen LogP contribution is 2.05. The predicted octanol–water partition coefficient (Wildman–Crippen LogP) is 1.10. The van der Waals surface area contributed by atoms with Gasteiger partial charge in [-0.15, -0.1) is 0 Å². The summed E-state index contributed by atoms with van der Waals surface area (Å²) in [7, 11) is 0. The van der Waals surface area contributed by atoms with E-state index in [0.29, 0.717) is 12.5 Å². The first kappa shape index (κ1) is 13.2. The van der Waals surface area contributed by atoms with E-state index in [1.807, 2.05) is 13.8 Å². The molecule has 0 aliphatic carbocycles. The zero-order valence-corrected chi connectivity index (χ0v) is 9.34. The largest absolute Gasteiger partial charge is 0.396 e. The summed E-state index contributed by atoms with van der Waals surface area (Å²) in [4.78, 5) is 11.2. The molecule has 4 heteroatoms. The molecule has 2 amide bonds. The van der Waals surface area contributed by atoms with Gasteiger partial charge >= 0.3 is 6.03 Å². The minimum atomic E-state index is -0.128. The maximum Gasteiger partial charge on any atom is 0.314 e. The van der Waals surface area contributed by atoms with Crippen LogP contribution in [0.3, 0.4) is 0 Å². The van der Waals surface area contributed by atoms with Gasteiger partial charge in [-0.05, 0) is 26.2 Å². The smallest absolute Gasteiger partial charge is 0.314 e. The van der Waals surface area contributed by atoms with Crippen molar-refractivity contribution in [1.82, 2.24) is 10.6 Å². The molecule has 4 nitrogen and oxygen atoms in total. The average Bonchev–Trinajstić information content (AvgIpc) is 2.11. The molecule has 1 unspecified atom stereocenters. The number of rotatable bonds is 6. The van der Waals surface area contributed by atoms with E-state index in [2.05, 4.69) is 17.6 Å². The van der Waals surface area contributed by atoms with Gasteiger partial charge in [-0.3, -0.25) is 0 Å². The minimum Gasteiger partial charge on any atom is -0.396 e. The Labute approximate surface area is 86.1 Å². The van der Waals surface area contributed by atoms with Crippen molar-refractivity contribution in [3.8, 4) is 0 Å². The number of nitrogens with one attached hydrogen (secondary N) is 2. The number of aliphatic hydroxyl groups is 1. The number of amides is 2. The van der Waals surface area contributed by atoms with Gasteiger partial charge in [0.05, 0.1) is 0 Å². The van der Waals surface area contributed by atoms with Crippen molar-refractivity contribution >= 4 is 6.03 Å². The lowest BCUT2D eigenvalue weighted by Crippen LogP contribution is -2.41. The summed E-state index contributed by atoms with van der Waals surface area (Å²) in [6.45, 7) is 6.72. The van der Waals surface area contributed by atoms with Crippen molar-refractivity contribution in [2.24, 2.45) is 5.92 Å². The van der Waals surface area contributed by atoms with Gasteiger partial charge in [0, 0.05) is 19.2 Å². The second kappa shape index (κ2) is 7.62. The standard InChI is InChI=1S/C10H22N2O2/c1-4-9(5-6-13)7-11-10(14)12-8(2)3/h8-9,13H,4-7H2,1-3H3,(H2,11,12,14). The Bertz CT molecular complexity index is 160. The second-order valence-corrected chi connectivity index (χ2v) is 3.80. The molecule has 14 heavy (non-hydrogen) atoms. The highest BCUT2D eigenvalue weighted by molar-refractivity contribution is 5.74. The van der Waals surface area contributed by atoms with Crippen LogP contribution in [-0.2, 0) is 0 Å². The molecule has 0 aromatic carbocycles. The summed E-state index contributed by atoms with van der Waals surface area (Å²) < 4.78 is 0. The van der Waals surface area contributed by atoms with Crippen molar-refractivity contribution in [2.45, 2.75) is 39.7 Å². The first-order valence-electron chi connectivity index (χ1n) is 5.25. The van der Waals surface area contributed by atoms with Gasteiger partial charge in [0.25, 0.3) is 0 Å². The van der Waals surface area contributed by atoms with Crippen molar-refractivity contribution in [3.05, 3.63) is 0 Å². The van der Waals surface area contributed by atoms with Gasteiger partial charge in [0.15, 0.2) is 0 Å². The normalized spacial score (nSPS) is 12.6. The first-order chi connectivity index (χ1) is 6.60. The Hall–Kier alpha value is -0.770. The maximum absolute atomic E-state index is 11.2. The fourth-order valence-corrected chi connectivity index (χ4v) is 1.18. The van der Waals surface area contributed by atoms with Gasteiger partial charge in [0.1, 0.15) is 0 Å². The molecule has 0 aliphatic heterocycles. The third-order valence-electron chi connectivity index (χ3n) is 2.09. The van der Waals surface area contributed by atoms with Crippen molar-refractivity contribution in [1.29, 1.82) is 0 Å². The van der Waals surface area contributed by atoms with Crippen LogP contribution in [0.1, 0.15) is 33.6 Å². The molecule has 0 aromatic heterocycles. The van der Waals surface area contributed by atoms with E-state index < -0.39 is 0 Å². The monoisotopic (exact) mass is 202 g/mol. The van der Waals surface area contributed by atoms with Crippen LogP contribution in [0.25, 0.3) is 0 Å². The van der Waals surface area contributed by atoms with E-state index in [-0.39, 0.29) is 18.7 Å². The number of hydrogen-bond acceptors (Lipinski definition) is 2. The van der Waals surface area contributed by atoms with Crippen molar-refractivity contribution < 1.29 is 9.90 Å². The summed E-state index contributed by atoms with van der Waals surface area (Å²) >= 11 is 0. The topological polar surface area (TPSA) is 61.4 Å². The van der Waals surface area contributed by atoms with Crippen LogP contribution in [0.5, 0.6) is 0 Å². The summed E-state index contributed by atoms with van der Waals surface area (Å²) in [6, 6.07) is 0.0318. The molecule has 0 fully saturated rings. The first-order valence-corrected chi connectivity index (χ1v) is 5.25. The zero-order chi connectivity index (χ0) is 11.0. The SMILES string of the molecule is CCC(CCO)CNC(=O)NC(C)C. The molecule has 0 spiro atoms. The predicted molar refractivity (Wildman–Crippen MR) is 57.2 cm³/mol. The van der Waals surface area contributed by atoms with Crippen LogP contribution in [0.15, 0.2) is 0 Å². The summed E-state index contributed by atoms with van der Waals surface area (Å²) in [5, 5.41) is 14.3. The number of hydrogen-bond donors (Lipinski definition) is 3. The number of carbonyl (C=O) groups excluding carboxylic acids is 1. The number of aliphatic hydroxyl groups excluding tert-OH is 1. The Morgan fingerprint density at radius 1 is 1.43 bits per heavy atom. The lowest BCUT2D eigenvalue weighted by atomic mass is 10.0. The zero-order valence-electron chi connectivity index (χ0n) is 9.34. The third-order valence-corrected chi connectivity index (χ3v) is 2.09. The molecule has 3 N–H and O–H groups in total. The quantitative estimate of drug-likeness (QED) is 0.604. The molecule has 0 radical (unpaired) electrons. The van der Waals surface area contributed by atoms with E-state index in [1.165, 1.54) is 0 Å². The molecule has 84 valence electrons. The van der Waals surface area contributed by atoms with E-state index in [0.717, 1.165) is 12.8 Å². The van der Waals surface area contributed by atoms with Gasteiger partial charge in [-0.2, -0.15) is 0 Å². The molecule has 0 aromatic rings. The van der Waals surface area contributed by atoms with Crippen molar-refractivity contribution in [2.75, 3.05) is 13.2 Å². The average molecular weight is 202 g/mol. The van der Waals surface area contributed by atoms with Gasteiger partial charge in [-0.1, -0.05) is 13.3 Å². The van der Waals surface area contributed by atoms with E-state index in [1.54, 1.807) is 0 Å². The highest BCUT2D eigenvalue weighted by Gasteiger charge is 2.07.